The van der Waals surface area contributed by atoms with Crippen LogP contribution in [0.25, 0.3) is 0 Å². The highest BCUT2D eigenvalue weighted by atomic mass is 35.5. The fraction of sp³-hybridized carbons (Fsp3) is 0.111. The van der Waals surface area contributed by atoms with Crippen molar-refractivity contribution < 1.29 is 13.9 Å². The van der Waals surface area contributed by atoms with Gasteiger partial charge in [-0.3, -0.25) is 10.00 Å². The molecule has 0 aliphatic heterocycles. The average molecular weight is 375 g/mol. The van der Waals surface area contributed by atoms with E-state index in [0.717, 1.165) is 0 Å². The number of rotatable bonds is 5. The van der Waals surface area contributed by atoms with Crippen LogP contribution in [0.5, 0.6) is 5.75 Å². The molecule has 2 aromatic carbocycles. The van der Waals surface area contributed by atoms with Gasteiger partial charge in [0.1, 0.15) is 16.6 Å². The van der Waals surface area contributed by atoms with Crippen LogP contribution in [0.4, 0.5) is 20.7 Å². The van der Waals surface area contributed by atoms with Crippen LogP contribution in [0, 0.1) is 5.82 Å². The highest BCUT2D eigenvalue weighted by Gasteiger charge is 2.12. The molecule has 0 bridgehead atoms. The van der Waals surface area contributed by atoms with Crippen LogP contribution in [-0.4, -0.2) is 22.9 Å². The van der Waals surface area contributed by atoms with Gasteiger partial charge in [-0.2, -0.15) is 5.10 Å². The second-order valence-electron chi connectivity index (χ2n) is 5.43. The van der Waals surface area contributed by atoms with Gasteiger partial charge in [0.15, 0.2) is 5.82 Å². The molecule has 0 saturated carbocycles. The lowest BCUT2D eigenvalue weighted by molar-refractivity contribution is 0.262. The Kier molecular flexibility index (Phi) is 5.38. The Morgan fingerprint density at radius 3 is 2.81 bits per heavy atom. The topological polar surface area (TPSA) is 68.2 Å². The first-order valence-electron chi connectivity index (χ1n) is 7.73. The number of aromatic nitrogens is 2. The van der Waals surface area contributed by atoms with Crippen LogP contribution in [0.15, 0.2) is 54.7 Å². The molecule has 26 heavy (non-hydrogen) atoms. The lowest BCUT2D eigenvalue weighted by atomic mass is 10.2. The van der Waals surface area contributed by atoms with Crippen molar-refractivity contribution in [1.29, 1.82) is 0 Å². The summed E-state index contributed by atoms with van der Waals surface area (Å²) in [4.78, 5) is 12.1. The Hall–Kier alpha value is -3.06. The molecule has 3 rings (SSSR count). The maximum Gasteiger partial charge on any atom is 0.324 e. The number of urea groups is 1. The molecule has 2 amide bonds. The molecule has 0 unspecified atom stereocenters. The number of hydrogen-bond donors (Lipinski definition) is 2. The third kappa shape index (κ3) is 4.31. The number of nitrogens with zero attached hydrogens (tertiary/aromatic N) is 2. The summed E-state index contributed by atoms with van der Waals surface area (Å²) in [6.07, 6.45) is 1.52. The van der Waals surface area contributed by atoms with E-state index in [1.807, 2.05) is 0 Å². The number of halogens is 2. The van der Waals surface area contributed by atoms with Gasteiger partial charge < -0.3 is 10.1 Å². The summed E-state index contributed by atoms with van der Waals surface area (Å²) in [6, 6.07) is 12.8. The molecule has 134 valence electrons. The number of carbonyl (C=O) groups is 1. The normalized spacial score (nSPS) is 10.4. The molecule has 1 aromatic heterocycles. The molecule has 0 spiro atoms. The number of anilines is 2. The van der Waals surface area contributed by atoms with Crippen molar-refractivity contribution in [1.82, 2.24) is 9.78 Å². The number of carbonyl (C=O) groups excluding carboxylic acids is 1. The molecular weight excluding hydrogens is 359 g/mol. The molecular formula is C18H16ClFN4O2. The third-order valence-corrected chi connectivity index (χ3v) is 3.84. The molecule has 3 aromatic rings. The first-order chi connectivity index (χ1) is 12.5. The van der Waals surface area contributed by atoms with E-state index in [0.29, 0.717) is 17.0 Å². The van der Waals surface area contributed by atoms with E-state index in [1.165, 1.54) is 16.9 Å². The van der Waals surface area contributed by atoms with Crippen LogP contribution in [0.3, 0.4) is 0 Å². The van der Waals surface area contributed by atoms with Gasteiger partial charge in [0, 0.05) is 23.5 Å². The summed E-state index contributed by atoms with van der Waals surface area (Å²) >= 11 is 6.11. The molecule has 1 heterocycles. The van der Waals surface area contributed by atoms with Crippen LogP contribution in [-0.2, 0) is 6.54 Å². The number of hydrogen-bond acceptors (Lipinski definition) is 3. The zero-order valence-electron chi connectivity index (χ0n) is 13.9. The molecule has 0 aliphatic rings. The summed E-state index contributed by atoms with van der Waals surface area (Å²) < 4.78 is 20.3. The summed E-state index contributed by atoms with van der Waals surface area (Å²) in [5.74, 6) is 0.475. The SMILES string of the molecule is COc1cccc(NC(=O)Nc2nn(Cc3ccccc3F)cc2Cl)c1. The van der Waals surface area contributed by atoms with E-state index in [2.05, 4.69) is 15.7 Å². The van der Waals surface area contributed by atoms with Gasteiger partial charge in [0.25, 0.3) is 0 Å². The summed E-state index contributed by atoms with van der Waals surface area (Å²) in [7, 11) is 1.54. The number of benzene rings is 2. The molecule has 0 radical (unpaired) electrons. The van der Waals surface area contributed by atoms with Crippen molar-refractivity contribution >= 4 is 29.1 Å². The number of nitrogens with one attached hydrogen (secondary N) is 2. The van der Waals surface area contributed by atoms with E-state index in [9.17, 15) is 9.18 Å². The van der Waals surface area contributed by atoms with E-state index in [-0.39, 0.29) is 23.2 Å². The van der Waals surface area contributed by atoms with Gasteiger partial charge in [0.2, 0.25) is 0 Å². The summed E-state index contributed by atoms with van der Waals surface area (Å²) in [5.41, 5.74) is 1.03. The van der Waals surface area contributed by atoms with E-state index in [4.69, 9.17) is 16.3 Å². The molecule has 2 N–H and O–H groups in total. The van der Waals surface area contributed by atoms with Crippen molar-refractivity contribution in [3.8, 4) is 5.75 Å². The van der Waals surface area contributed by atoms with E-state index < -0.39 is 6.03 Å². The van der Waals surface area contributed by atoms with Gasteiger partial charge in [0.05, 0.1) is 13.7 Å². The highest BCUT2D eigenvalue weighted by molar-refractivity contribution is 6.33. The standard InChI is InChI=1S/C18H16ClFN4O2/c1-26-14-7-4-6-13(9-14)21-18(25)22-17-15(19)11-24(23-17)10-12-5-2-3-8-16(12)20/h2-9,11H,10H2,1H3,(H2,21,22,23,25). The van der Waals surface area contributed by atoms with Gasteiger partial charge in [-0.25, -0.2) is 9.18 Å². The Morgan fingerprint density at radius 1 is 1.23 bits per heavy atom. The lowest BCUT2D eigenvalue weighted by Crippen LogP contribution is -2.20. The lowest BCUT2D eigenvalue weighted by Gasteiger charge is -2.07. The minimum atomic E-state index is -0.503. The Bertz CT molecular complexity index is 929. The highest BCUT2D eigenvalue weighted by Crippen LogP contribution is 2.21. The van der Waals surface area contributed by atoms with Crippen molar-refractivity contribution in [2.45, 2.75) is 6.54 Å². The summed E-state index contributed by atoms with van der Waals surface area (Å²) in [5, 5.41) is 9.67. The second kappa shape index (κ2) is 7.88. The first kappa shape index (κ1) is 17.8. The fourth-order valence-corrected chi connectivity index (χ4v) is 2.53. The van der Waals surface area contributed by atoms with E-state index in [1.54, 1.807) is 49.6 Å². The van der Waals surface area contributed by atoms with Crippen molar-refractivity contribution in [2.24, 2.45) is 0 Å². The van der Waals surface area contributed by atoms with Crippen LogP contribution in [0.2, 0.25) is 5.02 Å². The minimum Gasteiger partial charge on any atom is -0.497 e. The largest absolute Gasteiger partial charge is 0.497 e. The zero-order chi connectivity index (χ0) is 18.5. The monoisotopic (exact) mass is 374 g/mol. The molecule has 0 saturated heterocycles. The molecule has 0 aliphatic carbocycles. The van der Waals surface area contributed by atoms with Crippen molar-refractivity contribution in [2.75, 3.05) is 17.7 Å². The Morgan fingerprint density at radius 2 is 2.04 bits per heavy atom. The Labute approximate surface area is 154 Å². The number of methoxy groups -OCH3 is 1. The minimum absolute atomic E-state index is 0.184. The quantitative estimate of drug-likeness (QED) is 0.696. The predicted octanol–water partition coefficient (Wildman–Crippen LogP) is 4.38. The summed E-state index contributed by atoms with van der Waals surface area (Å²) in [6.45, 7) is 0.200. The number of ether oxygens (including phenoxy) is 1. The maximum atomic E-state index is 13.7. The van der Waals surface area contributed by atoms with Crippen molar-refractivity contribution in [3.05, 3.63) is 71.1 Å². The van der Waals surface area contributed by atoms with Gasteiger partial charge in [-0.05, 0) is 18.2 Å². The van der Waals surface area contributed by atoms with Crippen LogP contribution in [0.1, 0.15) is 5.56 Å². The van der Waals surface area contributed by atoms with Gasteiger partial charge in [-0.1, -0.05) is 35.9 Å². The third-order valence-electron chi connectivity index (χ3n) is 3.57. The second-order valence-corrected chi connectivity index (χ2v) is 5.83. The van der Waals surface area contributed by atoms with E-state index >= 15 is 0 Å². The smallest absolute Gasteiger partial charge is 0.324 e. The first-order valence-corrected chi connectivity index (χ1v) is 8.11. The average Bonchev–Trinajstić information content (AvgIpc) is 2.96. The predicted molar refractivity (Wildman–Crippen MR) is 98.4 cm³/mol. The van der Waals surface area contributed by atoms with Gasteiger partial charge in [-0.15, -0.1) is 0 Å². The molecule has 8 heteroatoms. The van der Waals surface area contributed by atoms with Crippen LogP contribution >= 0.6 is 11.6 Å². The fourth-order valence-electron chi connectivity index (χ4n) is 2.33. The maximum absolute atomic E-state index is 13.7. The van der Waals surface area contributed by atoms with Gasteiger partial charge >= 0.3 is 6.03 Å². The molecule has 6 nitrogen and oxygen atoms in total. The molecule has 0 atom stereocenters. The zero-order valence-corrected chi connectivity index (χ0v) is 14.6. The Balaban J connectivity index is 1.67. The number of amides is 2. The molecule has 0 fully saturated rings. The van der Waals surface area contributed by atoms with Crippen molar-refractivity contribution in [3.63, 3.8) is 0 Å². The van der Waals surface area contributed by atoms with Crippen LogP contribution < -0.4 is 15.4 Å².